The molecule has 1 aromatic carbocycles. The molecule has 21 heavy (non-hydrogen) atoms. The number of piperidine rings is 1. The van der Waals surface area contributed by atoms with Crippen LogP contribution in [0.5, 0.6) is 0 Å². The van der Waals surface area contributed by atoms with Gasteiger partial charge in [0.1, 0.15) is 0 Å². The van der Waals surface area contributed by atoms with E-state index in [1.165, 1.54) is 0 Å². The first-order chi connectivity index (χ1) is 10.3. The quantitative estimate of drug-likeness (QED) is 0.775. The topological polar surface area (TPSA) is 53.2 Å². The highest BCUT2D eigenvalue weighted by atomic mass is 16.2. The van der Waals surface area contributed by atoms with Crippen LogP contribution in [0.15, 0.2) is 30.3 Å². The van der Waals surface area contributed by atoms with Gasteiger partial charge in [-0.2, -0.15) is 0 Å². The maximum Gasteiger partial charge on any atom is 0.232 e. The van der Waals surface area contributed by atoms with Gasteiger partial charge in [-0.15, -0.1) is 0 Å². The zero-order chi connectivity index (χ0) is 14.5. The molecule has 3 rings (SSSR count). The lowest BCUT2D eigenvalue weighted by Gasteiger charge is -2.29. The Hall–Kier alpha value is -1.39. The summed E-state index contributed by atoms with van der Waals surface area (Å²) in [5.41, 5.74) is 0.756. The van der Waals surface area contributed by atoms with E-state index in [-0.39, 0.29) is 11.3 Å². The molecule has 0 saturated carbocycles. The Labute approximate surface area is 126 Å². The largest absolute Gasteiger partial charge is 0.355 e. The van der Waals surface area contributed by atoms with Gasteiger partial charge in [-0.3, -0.25) is 4.79 Å². The monoisotopic (exact) mass is 287 g/mol. The standard InChI is InChI=1S/C17H25N3O/c21-16(20-12-14-6-9-18-10-7-14)17(8-11-19-13-17)15-4-2-1-3-5-15/h1-5,14,18-19H,6-13H2,(H,20,21). The van der Waals surface area contributed by atoms with Crippen molar-refractivity contribution in [3.05, 3.63) is 35.9 Å². The number of hydrogen-bond donors (Lipinski definition) is 3. The summed E-state index contributed by atoms with van der Waals surface area (Å²) >= 11 is 0. The van der Waals surface area contributed by atoms with Gasteiger partial charge in [0.15, 0.2) is 0 Å². The van der Waals surface area contributed by atoms with Crippen molar-refractivity contribution in [2.45, 2.75) is 24.7 Å². The number of hydrogen-bond acceptors (Lipinski definition) is 3. The molecule has 1 aromatic rings. The van der Waals surface area contributed by atoms with Gasteiger partial charge in [-0.05, 0) is 50.4 Å². The fraction of sp³-hybridized carbons (Fsp3) is 0.588. The summed E-state index contributed by atoms with van der Waals surface area (Å²) in [6.07, 6.45) is 3.21. The van der Waals surface area contributed by atoms with Crippen molar-refractivity contribution in [2.24, 2.45) is 5.92 Å². The lowest BCUT2D eigenvalue weighted by molar-refractivity contribution is -0.126. The second kappa shape index (κ2) is 6.58. The third-order valence-electron chi connectivity index (χ3n) is 4.93. The normalized spacial score (nSPS) is 26.7. The van der Waals surface area contributed by atoms with Crippen LogP contribution in [-0.4, -0.2) is 38.6 Å². The van der Waals surface area contributed by atoms with Crippen LogP contribution in [0.4, 0.5) is 0 Å². The van der Waals surface area contributed by atoms with Gasteiger partial charge < -0.3 is 16.0 Å². The fourth-order valence-corrected chi connectivity index (χ4v) is 3.51. The molecule has 2 fully saturated rings. The number of nitrogens with one attached hydrogen (secondary N) is 3. The number of carbonyl (C=O) groups is 1. The molecule has 2 aliphatic heterocycles. The molecule has 114 valence electrons. The van der Waals surface area contributed by atoms with E-state index in [0.29, 0.717) is 5.92 Å². The predicted octanol–water partition coefficient (Wildman–Crippen LogP) is 1.03. The van der Waals surface area contributed by atoms with Crippen LogP contribution in [0.3, 0.4) is 0 Å². The van der Waals surface area contributed by atoms with Crippen molar-refractivity contribution >= 4 is 5.91 Å². The van der Waals surface area contributed by atoms with E-state index < -0.39 is 0 Å². The van der Waals surface area contributed by atoms with Gasteiger partial charge in [0, 0.05) is 13.1 Å². The second-order valence-electron chi connectivity index (χ2n) is 6.28. The molecular weight excluding hydrogens is 262 g/mol. The Morgan fingerprint density at radius 1 is 1.14 bits per heavy atom. The van der Waals surface area contributed by atoms with E-state index in [2.05, 4.69) is 28.1 Å². The van der Waals surface area contributed by atoms with Gasteiger partial charge in [-0.25, -0.2) is 0 Å². The summed E-state index contributed by atoms with van der Waals surface area (Å²) in [6, 6.07) is 10.2. The van der Waals surface area contributed by atoms with E-state index in [9.17, 15) is 4.79 Å². The zero-order valence-electron chi connectivity index (χ0n) is 12.5. The minimum atomic E-state index is -0.381. The van der Waals surface area contributed by atoms with Crippen LogP contribution < -0.4 is 16.0 Å². The SMILES string of the molecule is O=C(NCC1CCNCC1)C1(c2ccccc2)CCNC1. The smallest absolute Gasteiger partial charge is 0.232 e. The van der Waals surface area contributed by atoms with Crippen molar-refractivity contribution < 1.29 is 4.79 Å². The number of rotatable bonds is 4. The highest BCUT2D eigenvalue weighted by molar-refractivity contribution is 5.89. The Morgan fingerprint density at radius 2 is 1.90 bits per heavy atom. The maximum absolute atomic E-state index is 12.8. The molecule has 1 atom stereocenters. The third kappa shape index (κ3) is 3.11. The summed E-state index contributed by atoms with van der Waals surface area (Å²) in [7, 11) is 0. The van der Waals surface area contributed by atoms with Crippen LogP contribution in [-0.2, 0) is 10.2 Å². The molecule has 4 heteroatoms. The fourth-order valence-electron chi connectivity index (χ4n) is 3.51. The first kappa shape index (κ1) is 14.5. The van der Waals surface area contributed by atoms with Crippen molar-refractivity contribution in [1.29, 1.82) is 0 Å². The summed E-state index contributed by atoms with van der Waals surface area (Å²) < 4.78 is 0. The Kier molecular flexibility index (Phi) is 4.56. The molecule has 4 nitrogen and oxygen atoms in total. The summed E-state index contributed by atoms with van der Waals surface area (Å²) in [6.45, 7) is 4.62. The van der Waals surface area contributed by atoms with Gasteiger partial charge >= 0.3 is 0 Å². The second-order valence-corrected chi connectivity index (χ2v) is 6.28. The number of carbonyl (C=O) groups excluding carboxylic acids is 1. The number of benzene rings is 1. The molecule has 0 radical (unpaired) electrons. The molecule has 0 spiro atoms. The lowest BCUT2D eigenvalue weighted by atomic mass is 9.78. The zero-order valence-corrected chi connectivity index (χ0v) is 12.5. The Balaban J connectivity index is 1.67. The average Bonchev–Trinajstić information content (AvgIpc) is 3.05. The molecule has 1 unspecified atom stereocenters. The van der Waals surface area contributed by atoms with Crippen molar-refractivity contribution in [3.8, 4) is 0 Å². The molecule has 1 amide bonds. The summed E-state index contributed by atoms with van der Waals surface area (Å²) in [5.74, 6) is 0.814. The van der Waals surface area contributed by atoms with Crippen molar-refractivity contribution in [2.75, 3.05) is 32.7 Å². The Bertz CT molecular complexity index is 462. The Morgan fingerprint density at radius 3 is 2.57 bits per heavy atom. The lowest BCUT2D eigenvalue weighted by Crippen LogP contribution is -2.48. The van der Waals surface area contributed by atoms with Crippen molar-refractivity contribution in [3.63, 3.8) is 0 Å². The van der Waals surface area contributed by atoms with Gasteiger partial charge in [-0.1, -0.05) is 30.3 Å². The minimum Gasteiger partial charge on any atom is -0.355 e. The first-order valence-corrected chi connectivity index (χ1v) is 8.06. The van der Waals surface area contributed by atoms with Crippen LogP contribution in [0.1, 0.15) is 24.8 Å². The molecule has 3 N–H and O–H groups in total. The van der Waals surface area contributed by atoms with E-state index in [1.807, 2.05) is 18.2 Å². The van der Waals surface area contributed by atoms with Gasteiger partial charge in [0.2, 0.25) is 5.91 Å². The number of amides is 1. The van der Waals surface area contributed by atoms with Crippen molar-refractivity contribution in [1.82, 2.24) is 16.0 Å². The molecule has 0 aliphatic carbocycles. The molecular formula is C17H25N3O. The van der Waals surface area contributed by atoms with E-state index >= 15 is 0 Å². The average molecular weight is 287 g/mol. The molecule has 0 bridgehead atoms. The predicted molar refractivity (Wildman–Crippen MR) is 84.2 cm³/mol. The third-order valence-corrected chi connectivity index (χ3v) is 4.93. The molecule has 2 saturated heterocycles. The van der Waals surface area contributed by atoms with Gasteiger partial charge in [0.05, 0.1) is 5.41 Å². The molecule has 0 aromatic heterocycles. The highest BCUT2D eigenvalue weighted by Crippen LogP contribution is 2.31. The first-order valence-electron chi connectivity index (χ1n) is 8.06. The molecule has 2 heterocycles. The maximum atomic E-state index is 12.8. The van der Waals surface area contributed by atoms with Crippen LogP contribution in [0, 0.1) is 5.92 Å². The van der Waals surface area contributed by atoms with E-state index in [4.69, 9.17) is 0 Å². The molecule has 2 aliphatic rings. The summed E-state index contributed by atoms with van der Waals surface area (Å²) in [4.78, 5) is 12.8. The van der Waals surface area contributed by atoms with Crippen LogP contribution >= 0.6 is 0 Å². The van der Waals surface area contributed by atoms with Crippen LogP contribution in [0.25, 0.3) is 0 Å². The minimum absolute atomic E-state index is 0.192. The highest BCUT2D eigenvalue weighted by Gasteiger charge is 2.42. The van der Waals surface area contributed by atoms with E-state index in [1.54, 1.807) is 0 Å². The van der Waals surface area contributed by atoms with Crippen LogP contribution in [0.2, 0.25) is 0 Å². The van der Waals surface area contributed by atoms with Gasteiger partial charge in [0.25, 0.3) is 0 Å². The summed E-state index contributed by atoms with van der Waals surface area (Å²) in [5, 5.41) is 9.95. The van der Waals surface area contributed by atoms with E-state index in [0.717, 1.165) is 57.5 Å².